The summed E-state index contributed by atoms with van der Waals surface area (Å²) in [6.45, 7) is 1.29. The predicted octanol–water partition coefficient (Wildman–Crippen LogP) is -0.704. The highest BCUT2D eigenvalue weighted by Crippen LogP contribution is 2.22. The molecule has 16 heavy (non-hydrogen) atoms. The summed E-state index contributed by atoms with van der Waals surface area (Å²) >= 11 is 0. The zero-order chi connectivity index (χ0) is 11.5. The number of nitrogens with one attached hydrogen (secondary N) is 1. The number of aldehydes is 1. The quantitative estimate of drug-likeness (QED) is 0.495. The Kier molecular flexibility index (Phi) is 3.17. The zero-order valence-corrected chi connectivity index (χ0v) is 8.94. The van der Waals surface area contributed by atoms with Gasteiger partial charge < -0.3 is 15.0 Å². The van der Waals surface area contributed by atoms with Gasteiger partial charge in [0.15, 0.2) is 0 Å². The van der Waals surface area contributed by atoms with Crippen LogP contribution < -0.4 is 5.32 Å². The van der Waals surface area contributed by atoms with E-state index in [9.17, 15) is 14.4 Å². The van der Waals surface area contributed by atoms with Crippen LogP contribution in [0.5, 0.6) is 0 Å². The maximum Gasteiger partial charge on any atom is 0.240 e. The average molecular weight is 222 g/mol. The van der Waals surface area contributed by atoms with Gasteiger partial charge in [0.1, 0.15) is 18.3 Å². The van der Waals surface area contributed by atoms with E-state index >= 15 is 0 Å². The van der Waals surface area contributed by atoms with Gasteiger partial charge in [-0.15, -0.1) is 0 Å². The molecule has 2 saturated heterocycles. The second kappa shape index (κ2) is 4.60. The lowest BCUT2D eigenvalue weighted by Crippen LogP contribution is -2.46. The summed E-state index contributed by atoms with van der Waals surface area (Å²) in [5.74, 6) is 1.69. The third-order valence-electron chi connectivity index (χ3n) is 3.22. The van der Waals surface area contributed by atoms with Gasteiger partial charge in [0.05, 0.1) is 6.04 Å². The van der Waals surface area contributed by atoms with E-state index in [1.807, 2.05) is 0 Å². The number of likely N-dealkylation sites (tertiary alicyclic amines) is 1. The first-order chi connectivity index (χ1) is 7.77. The molecule has 0 radical (unpaired) electrons. The Balaban J connectivity index is 2.12. The molecule has 0 bridgehead atoms. The molecular weight excluding hydrogens is 208 g/mol. The van der Waals surface area contributed by atoms with Crippen molar-refractivity contribution in [2.24, 2.45) is 0 Å². The van der Waals surface area contributed by atoms with Gasteiger partial charge in [-0.2, -0.15) is 0 Å². The number of nitrogens with zero attached hydrogens (tertiary/aromatic N) is 1. The van der Waals surface area contributed by atoms with Crippen LogP contribution in [0.3, 0.4) is 0 Å². The monoisotopic (exact) mass is 222 g/mol. The minimum atomic E-state index is -0.688. The van der Waals surface area contributed by atoms with E-state index in [4.69, 9.17) is 0 Å². The van der Waals surface area contributed by atoms with Crippen LogP contribution in [0.2, 0.25) is 0 Å². The molecule has 2 fully saturated rings. The molecule has 0 unspecified atom stereocenters. The van der Waals surface area contributed by atoms with Crippen LogP contribution in [-0.2, 0) is 14.4 Å². The summed E-state index contributed by atoms with van der Waals surface area (Å²) in [6.07, 6.45) is 2.90. The molecule has 2 heterocycles. The predicted molar refractivity (Wildman–Crippen MR) is 56.4 cm³/mol. The maximum absolute atomic E-state index is 12.0. The van der Waals surface area contributed by atoms with Crippen molar-refractivity contribution in [1.29, 1.82) is 0 Å². The van der Waals surface area contributed by atoms with E-state index < -0.39 is 6.04 Å². The SMILES string of the molecule is O=C=C1CCN(C(=O)[C@@H]2CCCN2)[C@@H]1C=O. The Morgan fingerprint density at radius 3 is 2.94 bits per heavy atom. The van der Waals surface area contributed by atoms with Gasteiger partial charge in [0, 0.05) is 12.1 Å². The minimum Gasteiger partial charge on any atom is -0.327 e. The van der Waals surface area contributed by atoms with Crippen LogP contribution in [0.25, 0.3) is 0 Å². The molecule has 0 aromatic carbocycles. The normalized spacial score (nSPS) is 29.2. The molecule has 2 rings (SSSR count). The van der Waals surface area contributed by atoms with Gasteiger partial charge in [-0.25, -0.2) is 4.79 Å². The van der Waals surface area contributed by atoms with Crippen LogP contribution in [0, 0.1) is 0 Å². The van der Waals surface area contributed by atoms with E-state index in [2.05, 4.69) is 5.32 Å². The molecule has 0 spiro atoms. The molecule has 2 aliphatic rings. The van der Waals surface area contributed by atoms with Gasteiger partial charge in [-0.1, -0.05) is 0 Å². The second-order valence-electron chi connectivity index (χ2n) is 4.14. The fourth-order valence-corrected chi connectivity index (χ4v) is 2.33. The number of hydrogen-bond donors (Lipinski definition) is 1. The number of carbonyl (C=O) groups excluding carboxylic acids is 3. The number of hydrogen-bond acceptors (Lipinski definition) is 4. The lowest BCUT2D eigenvalue weighted by Gasteiger charge is -2.23. The Labute approximate surface area is 93.5 Å². The van der Waals surface area contributed by atoms with Crippen molar-refractivity contribution in [1.82, 2.24) is 10.2 Å². The summed E-state index contributed by atoms with van der Waals surface area (Å²) < 4.78 is 0. The van der Waals surface area contributed by atoms with Crippen LogP contribution >= 0.6 is 0 Å². The fraction of sp³-hybridized carbons (Fsp3) is 0.636. The summed E-state index contributed by atoms with van der Waals surface area (Å²) in [6, 6.07) is -0.874. The third-order valence-corrected chi connectivity index (χ3v) is 3.22. The summed E-state index contributed by atoms with van der Waals surface area (Å²) in [7, 11) is 0. The fourth-order valence-electron chi connectivity index (χ4n) is 2.33. The summed E-state index contributed by atoms with van der Waals surface area (Å²) in [5, 5.41) is 3.10. The molecule has 86 valence electrons. The first-order valence-electron chi connectivity index (χ1n) is 5.51. The number of rotatable bonds is 2. The van der Waals surface area contributed by atoms with Gasteiger partial charge in [0.25, 0.3) is 0 Å². The standard InChI is InChI=1S/C11H14N2O3/c14-6-8-3-5-13(10(8)7-15)11(16)9-2-1-4-12-9/h7,9-10,12H,1-5H2/t9-,10+/m0/s1. The van der Waals surface area contributed by atoms with Gasteiger partial charge in [0.2, 0.25) is 5.91 Å². The molecule has 1 N–H and O–H groups in total. The highest BCUT2D eigenvalue weighted by molar-refractivity contribution is 5.88. The highest BCUT2D eigenvalue weighted by atomic mass is 16.2. The van der Waals surface area contributed by atoms with Crippen molar-refractivity contribution in [2.45, 2.75) is 31.3 Å². The molecule has 5 heteroatoms. The Bertz CT molecular complexity index is 354. The zero-order valence-electron chi connectivity index (χ0n) is 8.94. The average Bonchev–Trinajstić information content (AvgIpc) is 2.96. The largest absolute Gasteiger partial charge is 0.327 e. The van der Waals surface area contributed by atoms with Crippen molar-refractivity contribution in [3.05, 3.63) is 5.57 Å². The van der Waals surface area contributed by atoms with E-state index in [1.165, 1.54) is 4.90 Å². The van der Waals surface area contributed by atoms with Crippen molar-refractivity contribution >= 4 is 18.1 Å². The van der Waals surface area contributed by atoms with Crippen molar-refractivity contribution in [3.63, 3.8) is 0 Å². The number of amides is 1. The highest BCUT2D eigenvalue weighted by Gasteiger charge is 2.37. The third kappa shape index (κ3) is 1.79. The first kappa shape index (κ1) is 11.0. The molecule has 1 amide bonds. The van der Waals surface area contributed by atoms with Crippen LogP contribution in [0.4, 0.5) is 0 Å². The molecule has 2 atom stereocenters. The molecule has 0 saturated carbocycles. The van der Waals surface area contributed by atoms with Gasteiger partial charge >= 0.3 is 0 Å². The maximum atomic E-state index is 12.0. The molecule has 0 aliphatic carbocycles. The van der Waals surface area contributed by atoms with Crippen LogP contribution in [-0.4, -0.2) is 48.2 Å². The van der Waals surface area contributed by atoms with E-state index in [0.29, 0.717) is 24.8 Å². The van der Waals surface area contributed by atoms with E-state index in [-0.39, 0.29) is 11.9 Å². The topological polar surface area (TPSA) is 66.5 Å². The smallest absolute Gasteiger partial charge is 0.240 e. The van der Waals surface area contributed by atoms with Crippen LogP contribution in [0.1, 0.15) is 19.3 Å². The molecule has 5 nitrogen and oxygen atoms in total. The first-order valence-corrected chi connectivity index (χ1v) is 5.51. The summed E-state index contributed by atoms with van der Waals surface area (Å²) in [4.78, 5) is 35.0. The lowest BCUT2D eigenvalue weighted by molar-refractivity contribution is -0.135. The van der Waals surface area contributed by atoms with Crippen LogP contribution in [0.15, 0.2) is 5.57 Å². The summed E-state index contributed by atoms with van der Waals surface area (Å²) in [5.41, 5.74) is 0.390. The molecular formula is C11H14N2O3. The Hall–Kier alpha value is -1.45. The molecule has 2 aliphatic heterocycles. The van der Waals surface area contributed by atoms with Crippen molar-refractivity contribution < 1.29 is 14.4 Å². The van der Waals surface area contributed by atoms with Gasteiger partial charge in [-0.3, -0.25) is 4.79 Å². The minimum absolute atomic E-state index is 0.0696. The van der Waals surface area contributed by atoms with E-state index in [1.54, 1.807) is 5.94 Å². The molecule has 0 aromatic heterocycles. The Morgan fingerprint density at radius 2 is 2.38 bits per heavy atom. The second-order valence-corrected chi connectivity index (χ2v) is 4.14. The van der Waals surface area contributed by atoms with Crippen molar-refractivity contribution in [2.75, 3.05) is 13.1 Å². The van der Waals surface area contributed by atoms with Gasteiger partial charge in [-0.05, 0) is 25.8 Å². The lowest BCUT2D eigenvalue weighted by atomic mass is 10.1. The number of carbonyl (C=O) groups is 2. The molecule has 0 aromatic rings. The van der Waals surface area contributed by atoms with Crippen molar-refractivity contribution in [3.8, 4) is 0 Å². The Morgan fingerprint density at radius 1 is 1.56 bits per heavy atom. The van der Waals surface area contributed by atoms with E-state index in [0.717, 1.165) is 19.4 Å².